The van der Waals surface area contributed by atoms with Gasteiger partial charge in [0.05, 0.1) is 17.5 Å². The number of rotatable bonds is 3. The van der Waals surface area contributed by atoms with Gasteiger partial charge in [0.2, 0.25) is 0 Å². The number of pyridine rings is 1. The van der Waals surface area contributed by atoms with Gasteiger partial charge in [-0.1, -0.05) is 23.7 Å². The van der Waals surface area contributed by atoms with Gasteiger partial charge in [-0.3, -0.25) is 0 Å². The minimum atomic E-state index is 0.410. The van der Waals surface area contributed by atoms with Gasteiger partial charge in [-0.05, 0) is 37.1 Å². The third kappa shape index (κ3) is 2.56. The molecule has 5 heteroatoms. The minimum Gasteiger partial charge on any atom is -0.308 e. The van der Waals surface area contributed by atoms with Crippen LogP contribution < -0.4 is 0 Å². The van der Waals surface area contributed by atoms with Crippen molar-refractivity contribution in [3.63, 3.8) is 0 Å². The zero-order valence-electron chi connectivity index (χ0n) is 12.5. The number of nitriles is 1. The van der Waals surface area contributed by atoms with Crippen LogP contribution in [-0.2, 0) is 6.54 Å². The molecule has 3 aromatic rings. The number of aromatic nitrogens is 3. The van der Waals surface area contributed by atoms with Crippen molar-refractivity contribution < 1.29 is 0 Å². The second kappa shape index (κ2) is 5.78. The van der Waals surface area contributed by atoms with Crippen LogP contribution in [0.5, 0.6) is 0 Å². The van der Waals surface area contributed by atoms with Gasteiger partial charge >= 0.3 is 0 Å². The highest BCUT2D eigenvalue weighted by atomic mass is 35.5. The first kappa shape index (κ1) is 14.6. The van der Waals surface area contributed by atoms with E-state index in [-0.39, 0.29) is 0 Å². The number of hydrogen-bond acceptors (Lipinski definition) is 3. The van der Waals surface area contributed by atoms with Crippen LogP contribution in [0.3, 0.4) is 0 Å². The third-order valence-electron chi connectivity index (χ3n) is 3.76. The van der Waals surface area contributed by atoms with Gasteiger partial charge in [-0.15, -0.1) is 0 Å². The first-order valence-corrected chi connectivity index (χ1v) is 7.44. The quantitative estimate of drug-likeness (QED) is 0.725. The fourth-order valence-electron chi connectivity index (χ4n) is 2.46. The van der Waals surface area contributed by atoms with E-state index in [2.05, 4.69) is 42.0 Å². The van der Waals surface area contributed by atoms with Crippen molar-refractivity contribution in [1.29, 1.82) is 5.26 Å². The lowest BCUT2D eigenvalue weighted by atomic mass is 10.1. The van der Waals surface area contributed by atoms with Crippen LogP contribution >= 0.6 is 11.6 Å². The van der Waals surface area contributed by atoms with Crippen LogP contribution in [-0.4, -0.2) is 14.5 Å². The molecular formula is C17H15ClN4. The SMILES string of the molecule is Cc1ccc(-c2nc3cc(Cl)cnc3n2CCC#N)cc1C. The van der Waals surface area contributed by atoms with Crippen LogP contribution in [0.2, 0.25) is 5.02 Å². The van der Waals surface area contributed by atoms with E-state index in [4.69, 9.17) is 16.9 Å². The maximum absolute atomic E-state index is 8.90. The topological polar surface area (TPSA) is 54.5 Å². The summed E-state index contributed by atoms with van der Waals surface area (Å²) < 4.78 is 1.99. The van der Waals surface area contributed by atoms with E-state index < -0.39 is 0 Å². The van der Waals surface area contributed by atoms with E-state index in [1.165, 1.54) is 11.1 Å². The predicted molar refractivity (Wildman–Crippen MR) is 87.7 cm³/mol. The molecule has 0 bridgehead atoms. The summed E-state index contributed by atoms with van der Waals surface area (Å²) in [5.41, 5.74) is 4.98. The van der Waals surface area contributed by atoms with Gasteiger partial charge in [0, 0.05) is 18.3 Å². The Morgan fingerprint density at radius 1 is 1.23 bits per heavy atom. The van der Waals surface area contributed by atoms with E-state index in [9.17, 15) is 0 Å². The number of benzene rings is 1. The fraction of sp³-hybridized carbons (Fsp3) is 0.235. The van der Waals surface area contributed by atoms with Crippen molar-refractivity contribution in [3.8, 4) is 17.5 Å². The molecule has 0 amide bonds. The Morgan fingerprint density at radius 3 is 2.77 bits per heavy atom. The van der Waals surface area contributed by atoms with E-state index in [0.29, 0.717) is 18.0 Å². The molecule has 0 aliphatic heterocycles. The van der Waals surface area contributed by atoms with E-state index in [1.54, 1.807) is 12.3 Å². The van der Waals surface area contributed by atoms with Crippen molar-refractivity contribution in [2.24, 2.45) is 0 Å². The lowest BCUT2D eigenvalue weighted by Crippen LogP contribution is -2.01. The van der Waals surface area contributed by atoms with Crippen molar-refractivity contribution in [2.45, 2.75) is 26.8 Å². The summed E-state index contributed by atoms with van der Waals surface area (Å²) in [5, 5.41) is 9.46. The molecule has 0 spiro atoms. The van der Waals surface area contributed by atoms with Gasteiger partial charge in [0.25, 0.3) is 0 Å². The Kier molecular flexibility index (Phi) is 3.82. The standard InChI is InChI=1S/C17H15ClN4/c1-11-4-5-13(8-12(11)2)16-21-15-9-14(18)10-20-17(15)22(16)7-3-6-19/h4-5,8-10H,3,7H2,1-2H3. The van der Waals surface area contributed by atoms with Crippen LogP contribution in [0.1, 0.15) is 17.5 Å². The number of fused-ring (bicyclic) bond motifs is 1. The predicted octanol–water partition coefficient (Wildman–Crippen LogP) is 4.28. The molecule has 0 radical (unpaired) electrons. The maximum Gasteiger partial charge on any atom is 0.160 e. The second-order valence-corrected chi connectivity index (χ2v) is 5.73. The van der Waals surface area contributed by atoms with Crippen molar-refractivity contribution in [1.82, 2.24) is 14.5 Å². The summed E-state index contributed by atoms with van der Waals surface area (Å²) in [5.74, 6) is 0.822. The largest absolute Gasteiger partial charge is 0.308 e. The van der Waals surface area contributed by atoms with Gasteiger partial charge in [-0.25, -0.2) is 9.97 Å². The molecule has 0 fully saturated rings. The maximum atomic E-state index is 8.90. The Bertz CT molecular complexity index is 890. The number of imidazole rings is 1. The van der Waals surface area contributed by atoms with Gasteiger partial charge < -0.3 is 4.57 Å². The summed E-state index contributed by atoms with van der Waals surface area (Å²) in [7, 11) is 0. The summed E-state index contributed by atoms with van der Waals surface area (Å²) >= 11 is 6.01. The number of aryl methyl sites for hydroxylation is 3. The molecule has 110 valence electrons. The average Bonchev–Trinajstić information content (AvgIpc) is 2.85. The Morgan fingerprint density at radius 2 is 2.05 bits per heavy atom. The highest BCUT2D eigenvalue weighted by molar-refractivity contribution is 6.31. The first-order chi connectivity index (χ1) is 10.6. The molecule has 22 heavy (non-hydrogen) atoms. The molecule has 1 aromatic carbocycles. The molecule has 0 aliphatic rings. The van der Waals surface area contributed by atoms with E-state index in [1.807, 2.05) is 10.6 Å². The zero-order chi connectivity index (χ0) is 15.7. The summed E-state index contributed by atoms with van der Waals surface area (Å²) in [6.45, 7) is 4.72. The van der Waals surface area contributed by atoms with Crippen molar-refractivity contribution in [2.75, 3.05) is 0 Å². The zero-order valence-corrected chi connectivity index (χ0v) is 13.2. The normalized spacial score (nSPS) is 10.8. The molecule has 0 N–H and O–H groups in total. The molecule has 0 saturated carbocycles. The monoisotopic (exact) mass is 310 g/mol. The van der Waals surface area contributed by atoms with Crippen LogP contribution in [0.4, 0.5) is 0 Å². The summed E-state index contributed by atoms with van der Waals surface area (Å²) in [6, 6.07) is 10.2. The summed E-state index contributed by atoms with van der Waals surface area (Å²) in [4.78, 5) is 9.05. The Hall–Kier alpha value is -2.38. The van der Waals surface area contributed by atoms with Gasteiger partial charge in [0.15, 0.2) is 5.65 Å². The van der Waals surface area contributed by atoms with Crippen LogP contribution in [0.25, 0.3) is 22.6 Å². The molecule has 0 atom stereocenters. The highest BCUT2D eigenvalue weighted by Gasteiger charge is 2.14. The van der Waals surface area contributed by atoms with Gasteiger partial charge in [0.1, 0.15) is 11.3 Å². The highest BCUT2D eigenvalue weighted by Crippen LogP contribution is 2.27. The molecular weight excluding hydrogens is 296 g/mol. The molecule has 3 rings (SSSR count). The molecule has 2 heterocycles. The molecule has 0 aliphatic carbocycles. The summed E-state index contributed by atoms with van der Waals surface area (Å²) in [6.07, 6.45) is 2.02. The Balaban J connectivity index is 2.22. The molecule has 4 nitrogen and oxygen atoms in total. The molecule has 0 unspecified atom stereocenters. The van der Waals surface area contributed by atoms with Crippen molar-refractivity contribution in [3.05, 3.63) is 46.6 Å². The Labute approximate surface area is 134 Å². The van der Waals surface area contributed by atoms with Gasteiger partial charge in [-0.2, -0.15) is 5.26 Å². The lowest BCUT2D eigenvalue weighted by molar-refractivity contribution is 0.737. The van der Waals surface area contributed by atoms with Crippen LogP contribution in [0, 0.1) is 25.2 Å². The molecule has 2 aromatic heterocycles. The first-order valence-electron chi connectivity index (χ1n) is 7.06. The second-order valence-electron chi connectivity index (χ2n) is 5.29. The number of nitrogens with zero attached hydrogens (tertiary/aromatic N) is 4. The van der Waals surface area contributed by atoms with Crippen molar-refractivity contribution >= 4 is 22.8 Å². The number of halogens is 1. The smallest absolute Gasteiger partial charge is 0.160 e. The fourth-order valence-corrected chi connectivity index (χ4v) is 2.61. The molecule has 0 saturated heterocycles. The average molecular weight is 311 g/mol. The third-order valence-corrected chi connectivity index (χ3v) is 3.97. The lowest BCUT2D eigenvalue weighted by Gasteiger charge is -2.08. The van der Waals surface area contributed by atoms with E-state index in [0.717, 1.165) is 22.6 Å². The minimum absolute atomic E-state index is 0.410. The van der Waals surface area contributed by atoms with Crippen LogP contribution in [0.15, 0.2) is 30.5 Å². The van der Waals surface area contributed by atoms with E-state index >= 15 is 0 Å². The number of hydrogen-bond donors (Lipinski definition) is 0.